The van der Waals surface area contributed by atoms with Gasteiger partial charge in [0.15, 0.2) is 0 Å². The first kappa shape index (κ1) is 13.6. The third-order valence-corrected chi connectivity index (χ3v) is 3.26. The van der Waals surface area contributed by atoms with Crippen LogP contribution in [0.2, 0.25) is 0 Å². The molecule has 0 unspecified atom stereocenters. The highest BCUT2D eigenvalue weighted by atomic mass is 15.3. The number of nitrogens with zero attached hydrogens (tertiary/aromatic N) is 6. The van der Waals surface area contributed by atoms with Crippen molar-refractivity contribution in [2.24, 2.45) is 0 Å². The highest BCUT2D eigenvalue weighted by Crippen LogP contribution is 2.18. The van der Waals surface area contributed by atoms with Crippen LogP contribution in [0.25, 0.3) is 0 Å². The van der Waals surface area contributed by atoms with Crippen LogP contribution in [0.3, 0.4) is 0 Å². The molecule has 19 heavy (non-hydrogen) atoms. The van der Waals surface area contributed by atoms with Crippen LogP contribution in [0, 0.1) is 18.3 Å². The van der Waals surface area contributed by atoms with Crippen molar-refractivity contribution < 1.29 is 0 Å². The van der Waals surface area contributed by atoms with Gasteiger partial charge in [-0.3, -0.25) is 4.90 Å². The van der Waals surface area contributed by atoms with Gasteiger partial charge in [0.05, 0.1) is 12.6 Å². The van der Waals surface area contributed by atoms with E-state index in [9.17, 15) is 0 Å². The Morgan fingerprint density at radius 1 is 1.26 bits per heavy atom. The third kappa shape index (κ3) is 3.32. The molecule has 0 aliphatic carbocycles. The molecule has 1 saturated heterocycles. The minimum absolute atomic E-state index is 0.513. The van der Waals surface area contributed by atoms with Gasteiger partial charge in [-0.2, -0.15) is 5.26 Å². The van der Waals surface area contributed by atoms with Gasteiger partial charge >= 0.3 is 0 Å². The minimum Gasteiger partial charge on any atom is -0.363 e. The van der Waals surface area contributed by atoms with E-state index < -0.39 is 0 Å². The van der Waals surface area contributed by atoms with Crippen LogP contribution in [-0.2, 0) is 0 Å². The summed E-state index contributed by atoms with van der Waals surface area (Å²) in [5, 5.41) is 8.70. The molecule has 6 nitrogen and oxygen atoms in total. The maximum absolute atomic E-state index is 8.70. The van der Waals surface area contributed by atoms with Gasteiger partial charge in [-0.05, 0) is 6.92 Å². The average molecular weight is 260 g/mol. The van der Waals surface area contributed by atoms with Crippen molar-refractivity contribution in [2.45, 2.75) is 6.92 Å². The number of hydrogen-bond acceptors (Lipinski definition) is 6. The molecule has 6 heteroatoms. The van der Waals surface area contributed by atoms with Crippen molar-refractivity contribution in [3.8, 4) is 6.07 Å². The van der Waals surface area contributed by atoms with Crippen LogP contribution in [0.15, 0.2) is 6.07 Å². The fraction of sp³-hybridized carbons (Fsp3) is 0.615. The molecule has 0 aromatic carbocycles. The zero-order chi connectivity index (χ0) is 13.8. The van der Waals surface area contributed by atoms with E-state index in [2.05, 4.69) is 25.8 Å². The van der Waals surface area contributed by atoms with E-state index in [1.807, 2.05) is 32.0 Å². The summed E-state index contributed by atoms with van der Waals surface area (Å²) in [6, 6.07) is 4.22. The summed E-state index contributed by atoms with van der Waals surface area (Å²) in [5.41, 5.74) is 0. The van der Waals surface area contributed by atoms with E-state index >= 15 is 0 Å². The summed E-state index contributed by atoms with van der Waals surface area (Å²) in [7, 11) is 3.97. The van der Waals surface area contributed by atoms with Crippen LogP contribution in [0.4, 0.5) is 11.6 Å². The van der Waals surface area contributed by atoms with Gasteiger partial charge in [-0.15, -0.1) is 0 Å². The standard InChI is InChI=1S/C13H20N6/c1-11-15-12(17(2)3)10-13(16-11)19-8-6-18(5-4-14)7-9-19/h10H,5-9H2,1-3H3. The summed E-state index contributed by atoms with van der Waals surface area (Å²) in [6.07, 6.45) is 0. The molecular formula is C13H20N6. The second-order valence-corrected chi connectivity index (χ2v) is 4.95. The number of aryl methyl sites for hydroxylation is 1. The molecule has 0 spiro atoms. The highest BCUT2D eigenvalue weighted by molar-refractivity contribution is 5.50. The Labute approximate surface area is 114 Å². The monoisotopic (exact) mass is 260 g/mol. The molecule has 1 aliphatic heterocycles. The van der Waals surface area contributed by atoms with Crippen molar-refractivity contribution in [3.05, 3.63) is 11.9 Å². The first-order chi connectivity index (χ1) is 9.10. The molecular weight excluding hydrogens is 240 g/mol. The van der Waals surface area contributed by atoms with Crippen molar-refractivity contribution in [3.63, 3.8) is 0 Å². The van der Waals surface area contributed by atoms with Gasteiger partial charge in [0, 0.05) is 46.3 Å². The molecule has 1 fully saturated rings. The maximum Gasteiger partial charge on any atom is 0.134 e. The summed E-state index contributed by atoms with van der Waals surface area (Å²) in [4.78, 5) is 15.3. The van der Waals surface area contributed by atoms with Crippen molar-refractivity contribution >= 4 is 11.6 Å². The Morgan fingerprint density at radius 3 is 2.53 bits per heavy atom. The van der Waals surface area contributed by atoms with Crippen LogP contribution in [-0.4, -0.2) is 61.7 Å². The molecule has 1 aromatic heterocycles. The Morgan fingerprint density at radius 2 is 1.95 bits per heavy atom. The van der Waals surface area contributed by atoms with Crippen LogP contribution in [0.5, 0.6) is 0 Å². The Kier molecular flexibility index (Phi) is 4.17. The van der Waals surface area contributed by atoms with E-state index in [-0.39, 0.29) is 0 Å². The highest BCUT2D eigenvalue weighted by Gasteiger charge is 2.18. The van der Waals surface area contributed by atoms with Crippen LogP contribution in [0.1, 0.15) is 5.82 Å². The number of nitriles is 1. The van der Waals surface area contributed by atoms with Crippen molar-refractivity contribution in [1.29, 1.82) is 5.26 Å². The molecule has 0 radical (unpaired) electrons. The van der Waals surface area contributed by atoms with E-state index in [0.717, 1.165) is 43.6 Å². The quantitative estimate of drug-likeness (QED) is 0.738. The molecule has 2 heterocycles. The van der Waals surface area contributed by atoms with Crippen LogP contribution >= 0.6 is 0 Å². The van der Waals surface area contributed by atoms with Gasteiger partial charge in [-0.25, -0.2) is 9.97 Å². The molecule has 0 N–H and O–H groups in total. The fourth-order valence-corrected chi connectivity index (χ4v) is 2.16. The largest absolute Gasteiger partial charge is 0.363 e. The van der Waals surface area contributed by atoms with Gasteiger partial charge in [-0.1, -0.05) is 0 Å². The molecule has 0 amide bonds. The fourth-order valence-electron chi connectivity index (χ4n) is 2.16. The van der Waals surface area contributed by atoms with Crippen molar-refractivity contribution in [2.75, 3.05) is 56.6 Å². The summed E-state index contributed by atoms with van der Waals surface area (Å²) in [6.45, 7) is 6.07. The van der Waals surface area contributed by atoms with Crippen LogP contribution < -0.4 is 9.80 Å². The van der Waals surface area contributed by atoms with E-state index in [4.69, 9.17) is 5.26 Å². The van der Waals surface area contributed by atoms with Gasteiger partial charge in [0.1, 0.15) is 17.5 Å². The molecule has 0 saturated carbocycles. The van der Waals surface area contributed by atoms with E-state index in [1.54, 1.807) is 0 Å². The van der Waals surface area contributed by atoms with Gasteiger partial charge < -0.3 is 9.80 Å². The summed E-state index contributed by atoms with van der Waals surface area (Å²) >= 11 is 0. The maximum atomic E-state index is 8.70. The van der Waals surface area contributed by atoms with Gasteiger partial charge in [0.25, 0.3) is 0 Å². The normalized spacial score (nSPS) is 16.2. The zero-order valence-electron chi connectivity index (χ0n) is 11.8. The lowest BCUT2D eigenvalue weighted by molar-refractivity contribution is 0.286. The van der Waals surface area contributed by atoms with Crippen molar-refractivity contribution in [1.82, 2.24) is 14.9 Å². The Bertz CT molecular complexity index is 471. The molecule has 2 rings (SSSR count). The molecule has 102 valence electrons. The first-order valence-corrected chi connectivity index (χ1v) is 6.47. The minimum atomic E-state index is 0.513. The summed E-state index contributed by atoms with van der Waals surface area (Å²) in [5.74, 6) is 2.70. The smallest absolute Gasteiger partial charge is 0.134 e. The van der Waals surface area contributed by atoms with E-state index in [0.29, 0.717) is 6.54 Å². The van der Waals surface area contributed by atoms with Gasteiger partial charge in [0.2, 0.25) is 0 Å². The number of aromatic nitrogens is 2. The third-order valence-electron chi connectivity index (χ3n) is 3.26. The lowest BCUT2D eigenvalue weighted by Gasteiger charge is -2.34. The number of rotatable bonds is 3. The molecule has 0 bridgehead atoms. The number of piperazine rings is 1. The first-order valence-electron chi connectivity index (χ1n) is 6.47. The number of hydrogen-bond donors (Lipinski definition) is 0. The lowest BCUT2D eigenvalue weighted by atomic mass is 10.3. The second-order valence-electron chi connectivity index (χ2n) is 4.95. The zero-order valence-corrected chi connectivity index (χ0v) is 11.8. The molecule has 1 aromatic rings. The summed E-state index contributed by atoms with van der Waals surface area (Å²) < 4.78 is 0. The average Bonchev–Trinajstić information content (AvgIpc) is 2.39. The SMILES string of the molecule is Cc1nc(N(C)C)cc(N2CCN(CC#N)CC2)n1. The predicted octanol–water partition coefficient (Wildman–Crippen LogP) is 0.497. The lowest BCUT2D eigenvalue weighted by Crippen LogP contribution is -2.46. The second kappa shape index (κ2) is 5.85. The molecule has 1 aliphatic rings. The topological polar surface area (TPSA) is 59.3 Å². The Hall–Kier alpha value is -1.87. The Balaban J connectivity index is 2.09. The molecule has 0 atom stereocenters. The van der Waals surface area contributed by atoms with E-state index in [1.165, 1.54) is 0 Å². The number of anilines is 2. The predicted molar refractivity (Wildman–Crippen MR) is 75.4 cm³/mol.